The Labute approximate surface area is 118 Å². The van der Waals surface area contributed by atoms with E-state index >= 15 is 0 Å². The van der Waals surface area contributed by atoms with Gasteiger partial charge >= 0.3 is 0 Å². The first-order valence-corrected chi connectivity index (χ1v) is 7.26. The second-order valence-electron chi connectivity index (χ2n) is 5.58. The molecular formula is C16H19NOS. The van der Waals surface area contributed by atoms with Crippen molar-refractivity contribution < 1.29 is 4.79 Å². The van der Waals surface area contributed by atoms with E-state index in [-0.39, 0.29) is 11.2 Å². The number of nitrogens with one attached hydrogen (secondary N) is 1. The molecule has 19 heavy (non-hydrogen) atoms. The molecule has 2 aromatic rings. The van der Waals surface area contributed by atoms with E-state index in [9.17, 15) is 4.79 Å². The third kappa shape index (κ3) is 3.67. The summed E-state index contributed by atoms with van der Waals surface area (Å²) in [6.45, 7) is 6.91. The molecule has 2 nitrogen and oxygen atoms in total. The number of hydrogen-bond acceptors (Lipinski definition) is 3. The maximum Gasteiger partial charge on any atom is 0.191 e. The molecular weight excluding hydrogens is 254 g/mol. The lowest BCUT2D eigenvalue weighted by Gasteiger charge is -2.19. The Kier molecular flexibility index (Phi) is 4.05. The molecule has 1 heterocycles. The molecule has 3 heteroatoms. The van der Waals surface area contributed by atoms with Crippen LogP contribution < -0.4 is 5.32 Å². The van der Waals surface area contributed by atoms with Crippen molar-refractivity contribution in [2.24, 2.45) is 0 Å². The maximum atomic E-state index is 11.9. The van der Waals surface area contributed by atoms with E-state index in [2.05, 4.69) is 38.2 Å². The molecule has 1 aromatic carbocycles. The van der Waals surface area contributed by atoms with Crippen molar-refractivity contribution in [2.45, 2.75) is 26.2 Å². The van der Waals surface area contributed by atoms with Crippen LogP contribution in [-0.4, -0.2) is 12.3 Å². The number of carbonyl (C=O) groups excluding carboxylic acids is 1. The van der Waals surface area contributed by atoms with E-state index < -0.39 is 0 Å². The van der Waals surface area contributed by atoms with Crippen molar-refractivity contribution in [3.05, 3.63) is 52.2 Å². The van der Waals surface area contributed by atoms with Gasteiger partial charge in [-0.25, -0.2) is 0 Å². The second kappa shape index (κ2) is 5.57. The summed E-state index contributed by atoms with van der Waals surface area (Å²) in [4.78, 5) is 12.7. The van der Waals surface area contributed by atoms with Crippen LogP contribution >= 0.6 is 11.3 Å². The minimum absolute atomic E-state index is 0.134. The molecule has 0 aliphatic rings. The zero-order valence-electron chi connectivity index (χ0n) is 11.6. The fourth-order valence-corrected chi connectivity index (χ4v) is 2.46. The Bertz CT molecular complexity index is 535. The molecule has 2 rings (SSSR count). The Balaban J connectivity index is 1.95. The van der Waals surface area contributed by atoms with E-state index in [1.54, 1.807) is 0 Å². The van der Waals surface area contributed by atoms with Crippen LogP contribution in [0.3, 0.4) is 0 Å². The quantitative estimate of drug-likeness (QED) is 0.840. The molecule has 0 radical (unpaired) electrons. The molecule has 0 saturated carbocycles. The van der Waals surface area contributed by atoms with E-state index in [1.165, 1.54) is 16.9 Å². The predicted octanol–water partition coefficient (Wildman–Crippen LogP) is 4.34. The standard InChI is InChI=1S/C16H19NOS/c1-16(2,3)12-6-8-13(9-7-12)17-11-14(18)15-5-4-10-19-15/h4-10,17H,11H2,1-3H3. The van der Waals surface area contributed by atoms with Gasteiger partial charge in [0.05, 0.1) is 11.4 Å². The number of rotatable bonds is 4. The summed E-state index contributed by atoms with van der Waals surface area (Å²) in [6.07, 6.45) is 0. The topological polar surface area (TPSA) is 29.1 Å². The lowest BCUT2D eigenvalue weighted by Crippen LogP contribution is -2.14. The van der Waals surface area contributed by atoms with Crippen molar-refractivity contribution >= 4 is 22.8 Å². The van der Waals surface area contributed by atoms with E-state index in [0.717, 1.165) is 10.6 Å². The summed E-state index contributed by atoms with van der Waals surface area (Å²) in [7, 11) is 0. The number of hydrogen-bond donors (Lipinski definition) is 1. The number of anilines is 1. The lowest BCUT2D eigenvalue weighted by atomic mass is 9.87. The summed E-state index contributed by atoms with van der Waals surface area (Å²) < 4.78 is 0. The molecule has 0 atom stereocenters. The summed E-state index contributed by atoms with van der Waals surface area (Å²) in [5, 5.41) is 5.09. The lowest BCUT2D eigenvalue weighted by molar-refractivity contribution is 0.101. The van der Waals surface area contributed by atoms with Crippen molar-refractivity contribution in [1.82, 2.24) is 0 Å². The zero-order valence-corrected chi connectivity index (χ0v) is 12.4. The predicted molar refractivity (Wildman–Crippen MR) is 82.3 cm³/mol. The summed E-state index contributed by atoms with van der Waals surface area (Å²) in [5.74, 6) is 0.134. The van der Waals surface area contributed by atoms with Gasteiger partial charge in [0.1, 0.15) is 0 Å². The van der Waals surface area contributed by atoms with Crippen LogP contribution in [0.2, 0.25) is 0 Å². The summed E-state index contributed by atoms with van der Waals surface area (Å²) in [5.41, 5.74) is 2.44. The minimum Gasteiger partial charge on any atom is -0.378 e. The largest absolute Gasteiger partial charge is 0.378 e. The Morgan fingerprint density at radius 3 is 2.37 bits per heavy atom. The first-order valence-electron chi connectivity index (χ1n) is 6.38. The van der Waals surface area contributed by atoms with Gasteiger partial charge in [0.15, 0.2) is 5.78 Å². The normalized spacial score (nSPS) is 11.3. The Hall–Kier alpha value is -1.61. The monoisotopic (exact) mass is 273 g/mol. The minimum atomic E-state index is 0.134. The van der Waals surface area contributed by atoms with Gasteiger partial charge < -0.3 is 5.32 Å². The fourth-order valence-electron chi connectivity index (χ4n) is 1.79. The molecule has 0 amide bonds. The van der Waals surface area contributed by atoms with Gasteiger partial charge in [-0.2, -0.15) is 0 Å². The first-order chi connectivity index (χ1) is 8.97. The summed E-state index contributed by atoms with van der Waals surface area (Å²) >= 11 is 1.48. The maximum absolute atomic E-state index is 11.9. The number of carbonyl (C=O) groups is 1. The highest BCUT2D eigenvalue weighted by Crippen LogP contribution is 2.23. The molecule has 0 aliphatic carbocycles. The average molecular weight is 273 g/mol. The van der Waals surface area contributed by atoms with Crippen LogP contribution in [0.1, 0.15) is 36.0 Å². The Morgan fingerprint density at radius 1 is 1.16 bits per heavy atom. The summed E-state index contributed by atoms with van der Waals surface area (Å²) in [6, 6.07) is 12.0. The molecule has 100 valence electrons. The number of benzene rings is 1. The van der Waals surface area contributed by atoms with Crippen LogP contribution in [0.25, 0.3) is 0 Å². The van der Waals surface area contributed by atoms with Crippen molar-refractivity contribution in [1.29, 1.82) is 0 Å². The highest BCUT2D eigenvalue weighted by atomic mass is 32.1. The molecule has 0 saturated heterocycles. The highest BCUT2D eigenvalue weighted by molar-refractivity contribution is 7.12. The molecule has 0 bridgehead atoms. The van der Waals surface area contributed by atoms with E-state index in [0.29, 0.717) is 6.54 Å². The van der Waals surface area contributed by atoms with Gasteiger partial charge in [-0.05, 0) is 34.6 Å². The van der Waals surface area contributed by atoms with Gasteiger partial charge in [0.2, 0.25) is 0 Å². The Morgan fingerprint density at radius 2 is 1.84 bits per heavy atom. The van der Waals surface area contributed by atoms with E-state index in [1.807, 2.05) is 29.6 Å². The number of thiophene rings is 1. The average Bonchev–Trinajstić information content (AvgIpc) is 2.89. The third-order valence-corrected chi connectivity index (χ3v) is 3.91. The van der Waals surface area contributed by atoms with Crippen molar-refractivity contribution in [2.75, 3.05) is 11.9 Å². The van der Waals surface area contributed by atoms with Crippen LogP contribution in [0, 0.1) is 0 Å². The molecule has 0 unspecified atom stereocenters. The van der Waals surface area contributed by atoms with Gasteiger partial charge in [-0.1, -0.05) is 39.0 Å². The second-order valence-corrected chi connectivity index (χ2v) is 6.53. The van der Waals surface area contributed by atoms with Crippen LogP contribution in [0.5, 0.6) is 0 Å². The molecule has 1 N–H and O–H groups in total. The van der Waals surface area contributed by atoms with Gasteiger partial charge in [-0.15, -0.1) is 11.3 Å². The van der Waals surface area contributed by atoms with Crippen molar-refractivity contribution in [3.63, 3.8) is 0 Å². The van der Waals surface area contributed by atoms with E-state index in [4.69, 9.17) is 0 Å². The van der Waals surface area contributed by atoms with Crippen LogP contribution in [0.4, 0.5) is 5.69 Å². The smallest absolute Gasteiger partial charge is 0.191 e. The van der Waals surface area contributed by atoms with Gasteiger partial charge in [-0.3, -0.25) is 4.79 Å². The first kappa shape index (κ1) is 13.8. The third-order valence-electron chi connectivity index (χ3n) is 3.00. The SMILES string of the molecule is CC(C)(C)c1ccc(NCC(=O)c2cccs2)cc1. The van der Waals surface area contributed by atoms with Crippen LogP contribution in [-0.2, 0) is 5.41 Å². The van der Waals surface area contributed by atoms with Crippen molar-refractivity contribution in [3.8, 4) is 0 Å². The van der Waals surface area contributed by atoms with Gasteiger partial charge in [0, 0.05) is 5.69 Å². The number of Topliss-reactive ketones (excluding diaryl/α,β-unsaturated/α-hetero) is 1. The number of ketones is 1. The van der Waals surface area contributed by atoms with Crippen LogP contribution in [0.15, 0.2) is 41.8 Å². The zero-order chi connectivity index (χ0) is 13.9. The molecule has 0 aliphatic heterocycles. The molecule has 0 fully saturated rings. The molecule has 0 spiro atoms. The van der Waals surface area contributed by atoms with Gasteiger partial charge in [0.25, 0.3) is 0 Å². The highest BCUT2D eigenvalue weighted by Gasteiger charge is 2.13. The fraction of sp³-hybridized carbons (Fsp3) is 0.312. The molecule has 1 aromatic heterocycles.